The molecule has 132 valence electrons. The van der Waals surface area contributed by atoms with E-state index < -0.39 is 12.1 Å². The van der Waals surface area contributed by atoms with Gasteiger partial charge in [-0.05, 0) is 29.3 Å². The van der Waals surface area contributed by atoms with Crippen molar-refractivity contribution in [3.05, 3.63) is 77.6 Å². The lowest BCUT2D eigenvalue weighted by Crippen LogP contribution is -2.24. The number of carboxylic acid groups (broad SMARTS) is 1. The first-order valence-corrected chi connectivity index (χ1v) is 8.00. The van der Waals surface area contributed by atoms with Crippen molar-refractivity contribution in [2.75, 3.05) is 6.54 Å². The Balaban J connectivity index is 1.49. The van der Waals surface area contributed by atoms with Gasteiger partial charge in [0.1, 0.15) is 12.2 Å². The fourth-order valence-electron chi connectivity index (χ4n) is 2.38. The van der Waals surface area contributed by atoms with Crippen molar-refractivity contribution in [2.45, 2.75) is 6.61 Å². The summed E-state index contributed by atoms with van der Waals surface area (Å²) in [6, 6.07) is 16.3. The van der Waals surface area contributed by atoms with E-state index in [0.29, 0.717) is 17.5 Å². The number of hydrogen-bond donors (Lipinski definition) is 2. The van der Waals surface area contributed by atoms with Crippen molar-refractivity contribution in [3.8, 4) is 0 Å². The molecule has 0 bridgehead atoms. The van der Waals surface area contributed by atoms with Crippen LogP contribution in [0.15, 0.2) is 65.1 Å². The number of carbonyl (C=O) groups excluding carboxylic acids is 1. The van der Waals surface area contributed by atoms with Crippen LogP contribution in [0.3, 0.4) is 0 Å². The van der Waals surface area contributed by atoms with E-state index in [4.69, 9.17) is 14.3 Å². The number of benzene rings is 2. The SMILES string of the molecule is O=C(NCC=Cc1ccc2oc(C(=O)O)cc2c1)OCc1ccccc1. The maximum atomic E-state index is 11.6. The molecule has 0 unspecified atom stereocenters. The molecule has 3 aromatic rings. The van der Waals surface area contributed by atoms with Gasteiger partial charge in [-0.3, -0.25) is 0 Å². The predicted molar refractivity (Wildman–Crippen MR) is 96.8 cm³/mol. The Labute approximate surface area is 149 Å². The van der Waals surface area contributed by atoms with Gasteiger partial charge < -0.3 is 19.6 Å². The highest BCUT2D eigenvalue weighted by molar-refractivity contribution is 5.92. The molecule has 6 heteroatoms. The third-order valence-electron chi connectivity index (χ3n) is 3.64. The molecule has 0 saturated heterocycles. The van der Waals surface area contributed by atoms with Crippen LogP contribution >= 0.6 is 0 Å². The number of rotatable bonds is 6. The van der Waals surface area contributed by atoms with E-state index in [-0.39, 0.29) is 12.4 Å². The zero-order valence-corrected chi connectivity index (χ0v) is 13.8. The fraction of sp³-hybridized carbons (Fsp3) is 0.100. The lowest BCUT2D eigenvalue weighted by molar-refractivity contribution is 0.0665. The molecule has 0 aliphatic rings. The van der Waals surface area contributed by atoms with Crippen LogP contribution in [0.2, 0.25) is 0 Å². The molecule has 0 saturated carbocycles. The number of carboxylic acids is 1. The largest absolute Gasteiger partial charge is 0.475 e. The van der Waals surface area contributed by atoms with Gasteiger partial charge >= 0.3 is 12.1 Å². The fourth-order valence-corrected chi connectivity index (χ4v) is 2.38. The minimum atomic E-state index is -1.10. The Kier molecular flexibility index (Phi) is 5.34. The average Bonchev–Trinajstić information content (AvgIpc) is 3.08. The lowest BCUT2D eigenvalue weighted by atomic mass is 10.1. The topological polar surface area (TPSA) is 88.8 Å². The summed E-state index contributed by atoms with van der Waals surface area (Å²) in [5.41, 5.74) is 2.31. The zero-order valence-electron chi connectivity index (χ0n) is 13.8. The minimum absolute atomic E-state index is 0.0936. The molecular formula is C20H17NO5. The second kappa shape index (κ2) is 8.02. The summed E-state index contributed by atoms with van der Waals surface area (Å²) >= 11 is 0. The van der Waals surface area contributed by atoms with E-state index in [1.165, 1.54) is 6.07 Å². The highest BCUT2D eigenvalue weighted by Crippen LogP contribution is 2.21. The van der Waals surface area contributed by atoms with Crippen LogP contribution in [0.5, 0.6) is 0 Å². The Hall–Kier alpha value is -3.54. The van der Waals surface area contributed by atoms with Gasteiger partial charge in [0.05, 0.1) is 0 Å². The van der Waals surface area contributed by atoms with Crippen LogP contribution in [0.1, 0.15) is 21.7 Å². The Bertz CT molecular complexity index is 943. The van der Waals surface area contributed by atoms with E-state index in [1.54, 1.807) is 12.1 Å². The molecule has 6 nitrogen and oxygen atoms in total. The summed E-state index contributed by atoms with van der Waals surface area (Å²) in [4.78, 5) is 22.5. The number of hydrogen-bond acceptors (Lipinski definition) is 4. The molecule has 0 atom stereocenters. The maximum Gasteiger partial charge on any atom is 0.407 e. The van der Waals surface area contributed by atoms with Crippen LogP contribution in [-0.4, -0.2) is 23.7 Å². The molecule has 0 fully saturated rings. The maximum absolute atomic E-state index is 11.6. The van der Waals surface area contributed by atoms with E-state index in [0.717, 1.165) is 11.1 Å². The van der Waals surface area contributed by atoms with Crippen molar-refractivity contribution in [3.63, 3.8) is 0 Å². The average molecular weight is 351 g/mol. The first kappa shape index (κ1) is 17.3. The molecule has 2 aromatic carbocycles. The van der Waals surface area contributed by atoms with Gasteiger partial charge in [-0.15, -0.1) is 0 Å². The van der Waals surface area contributed by atoms with E-state index in [9.17, 15) is 9.59 Å². The van der Waals surface area contributed by atoms with E-state index >= 15 is 0 Å². The highest BCUT2D eigenvalue weighted by atomic mass is 16.5. The molecule has 1 aromatic heterocycles. The van der Waals surface area contributed by atoms with Gasteiger partial charge in [0.15, 0.2) is 0 Å². The van der Waals surface area contributed by atoms with Crippen LogP contribution in [0.4, 0.5) is 4.79 Å². The highest BCUT2D eigenvalue weighted by Gasteiger charge is 2.10. The molecule has 3 rings (SSSR count). The summed E-state index contributed by atoms with van der Waals surface area (Å²) in [7, 11) is 0. The van der Waals surface area contributed by atoms with Crippen molar-refractivity contribution in [1.82, 2.24) is 5.32 Å². The third-order valence-corrected chi connectivity index (χ3v) is 3.64. The van der Waals surface area contributed by atoms with Gasteiger partial charge in [0.2, 0.25) is 5.76 Å². The van der Waals surface area contributed by atoms with Crippen LogP contribution in [0.25, 0.3) is 17.0 Å². The Morgan fingerprint density at radius 3 is 2.69 bits per heavy atom. The molecule has 0 aliphatic carbocycles. The summed E-state index contributed by atoms with van der Waals surface area (Å²) in [6.45, 7) is 0.539. The zero-order chi connectivity index (χ0) is 18.4. The molecule has 0 radical (unpaired) electrons. The molecular weight excluding hydrogens is 334 g/mol. The summed E-state index contributed by atoms with van der Waals surface area (Å²) in [5.74, 6) is -1.19. The summed E-state index contributed by atoms with van der Waals surface area (Å²) < 4.78 is 10.3. The number of furan rings is 1. The Morgan fingerprint density at radius 2 is 1.92 bits per heavy atom. The van der Waals surface area contributed by atoms with Crippen molar-refractivity contribution in [1.29, 1.82) is 0 Å². The van der Waals surface area contributed by atoms with E-state index in [2.05, 4.69) is 5.32 Å². The second-order valence-corrected chi connectivity index (χ2v) is 5.56. The smallest absolute Gasteiger partial charge is 0.407 e. The number of alkyl carbamates (subject to hydrolysis) is 1. The van der Waals surface area contributed by atoms with Crippen LogP contribution < -0.4 is 5.32 Å². The normalized spacial score (nSPS) is 10.9. The van der Waals surface area contributed by atoms with Gasteiger partial charge in [0.25, 0.3) is 0 Å². The van der Waals surface area contributed by atoms with Crippen molar-refractivity contribution >= 4 is 29.1 Å². The predicted octanol–water partition coefficient (Wildman–Crippen LogP) is 4.07. The quantitative estimate of drug-likeness (QED) is 0.699. The number of nitrogens with one attached hydrogen (secondary N) is 1. The van der Waals surface area contributed by atoms with Crippen molar-refractivity contribution < 1.29 is 23.8 Å². The number of fused-ring (bicyclic) bond motifs is 1. The first-order chi connectivity index (χ1) is 12.6. The minimum Gasteiger partial charge on any atom is -0.475 e. The van der Waals surface area contributed by atoms with Gasteiger partial charge in [0, 0.05) is 11.9 Å². The van der Waals surface area contributed by atoms with Gasteiger partial charge in [-0.1, -0.05) is 48.6 Å². The number of ether oxygens (including phenoxy) is 1. The number of amides is 1. The monoisotopic (exact) mass is 351 g/mol. The summed E-state index contributed by atoms with van der Waals surface area (Å²) in [6.07, 6.45) is 3.11. The standard InChI is InChI=1S/C20H17NO5/c22-19(23)18-12-16-11-14(8-9-17(16)26-18)7-4-10-21-20(24)25-13-15-5-2-1-3-6-15/h1-9,11-12H,10,13H2,(H,21,24)(H,22,23). The molecule has 1 amide bonds. The molecule has 0 aliphatic heterocycles. The molecule has 0 spiro atoms. The number of aromatic carboxylic acids is 1. The third kappa shape index (κ3) is 4.51. The first-order valence-electron chi connectivity index (χ1n) is 8.00. The van der Waals surface area contributed by atoms with Gasteiger partial charge in [-0.2, -0.15) is 0 Å². The van der Waals surface area contributed by atoms with E-state index in [1.807, 2.05) is 48.5 Å². The molecule has 1 heterocycles. The molecule has 2 N–H and O–H groups in total. The van der Waals surface area contributed by atoms with Gasteiger partial charge in [-0.25, -0.2) is 9.59 Å². The second-order valence-electron chi connectivity index (χ2n) is 5.56. The summed E-state index contributed by atoms with van der Waals surface area (Å²) in [5, 5.41) is 12.3. The molecule has 26 heavy (non-hydrogen) atoms. The number of carbonyl (C=O) groups is 2. The van der Waals surface area contributed by atoms with Crippen LogP contribution in [-0.2, 0) is 11.3 Å². The van der Waals surface area contributed by atoms with Crippen LogP contribution in [0, 0.1) is 0 Å². The lowest BCUT2D eigenvalue weighted by Gasteiger charge is -2.05. The Morgan fingerprint density at radius 1 is 1.12 bits per heavy atom. The van der Waals surface area contributed by atoms with Crippen molar-refractivity contribution in [2.24, 2.45) is 0 Å².